The van der Waals surface area contributed by atoms with Crippen LogP contribution >= 0.6 is 0 Å². The molecule has 108 valence electrons. The maximum atomic E-state index is 4.04. The van der Waals surface area contributed by atoms with Crippen molar-refractivity contribution in [3.05, 3.63) is 47.2 Å². The van der Waals surface area contributed by atoms with E-state index >= 15 is 0 Å². The fourth-order valence-electron chi connectivity index (χ4n) is 2.60. The molecule has 0 aliphatic heterocycles. The van der Waals surface area contributed by atoms with Crippen molar-refractivity contribution in [2.75, 3.05) is 0 Å². The zero-order chi connectivity index (χ0) is 14.9. The predicted molar refractivity (Wildman–Crippen MR) is 88.2 cm³/mol. The second-order valence-electron chi connectivity index (χ2n) is 6.14. The predicted octanol–water partition coefficient (Wildman–Crippen LogP) is 4.33. The third-order valence-electron chi connectivity index (χ3n) is 3.85. The molecule has 0 bridgehead atoms. The van der Waals surface area contributed by atoms with Crippen LogP contribution in [-0.2, 0) is 13.1 Å². The maximum Gasteiger partial charge on any atom is 0.0488 e. The number of nitrogens with zero attached hydrogens (tertiary/aromatic N) is 1. The molecule has 0 aliphatic rings. The minimum absolute atomic E-state index is 0.515. The SMILES string of the molecule is C=C(C)Cn1c(C)c(C)c2cc(CNC(C)C)ccc21. The smallest absolute Gasteiger partial charge is 0.0488 e. The van der Waals surface area contributed by atoms with Crippen LogP contribution in [-0.4, -0.2) is 10.6 Å². The lowest BCUT2D eigenvalue weighted by Crippen LogP contribution is -2.21. The van der Waals surface area contributed by atoms with Gasteiger partial charge >= 0.3 is 0 Å². The van der Waals surface area contributed by atoms with Crippen molar-refractivity contribution in [3.63, 3.8) is 0 Å². The minimum atomic E-state index is 0.515. The summed E-state index contributed by atoms with van der Waals surface area (Å²) in [7, 11) is 0. The van der Waals surface area contributed by atoms with Crippen LogP contribution in [0.25, 0.3) is 10.9 Å². The normalized spacial score (nSPS) is 11.5. The second-order valence-corrected chi connectivity index (χ2v) is 6.14. The van der Waals surface area contributed by atoms with E-state index in [1.54, 1.807) is 0 Å². The van der Waals surface area contributed by atoms with E-state index in [-0.39, 0.29) is 0 Å². The largest absolute Gasteiger partial charge is 0.341 e. The standard InChI is InChI=1S/C18H26N2/c1-12(2)11-20-15(6)14(5)17-9-16(7-8-18(17)20)10-19-13(3)4/h7-9,13,19H,1,10-11H2,2-6H3. The molecule has 2 heteroatoms. The topological polar surface area (TPSA) is 17.0 Å². The van der Waals surface area contributed by atoms with Gasteiger partial charge in [0.1, 0.15) is 0 Å². The Morgan fingerprint density at radius 2 is 2.00 bits per heavy atom. The lowest BCUT2D eigenvalue weighted by Gasteiger charge is -2.10. The van der Waals surface area contributed by atoms with Crippen molar-refractivity contribution < 1.29 is 0 Å². The first-order valence-electron chi connectivity index (χ1n) is 7.36. The molecule has 2 nitrogen and oxygen atoms in total. The van der Waals surface area contributed by atoms with Gasteiger partial charge in [0.25, 0.3) is 0 Å². The molecule has 0 saturated heterocycles. The summed E-state index contributed by atoms with van der Waals surface area (Å²) in [4.78, 5) is 0. The van der Waals surface area contributed by atoms with E-state index < -0.39 is 0 Å². The van der Waals surface area contributed by atoms with Gasteiger partial charge in [0, 0.05) is 35.7 Å². The molecule has 0 radical (unpaired) electrons. The zero-order valence-corrected chi connectivity index (χ0v) is 13.4. The Balaban J connectivity index is 2.43. The second kappa shape index (κ2) is 5.84. The zero-order valence-electron chi connectivity index (χ0n) is 13.4. The van der Waals surface area contributed by atoms with Gasteiger partial charge in [-0.2, -0.15) is 0 Å². The Morgan fingerprint density at radius 3 is 2.60 bits per heavy atom. The quantitative estimate of drug-likeness (QED) is 0.800. The highest BCUT2D eigenvalue weighted by Crippen LogP contribution is 2.27. The summed E-state index contributed by atoms with van der Waals surface area (Å²) in [6.45, 7) is 16.7. The van der Waals surface area contributed by atoms with Gasteiger partial charge in [-0.3, -0.25) is 0 Å². The first-order chi connectivity index (χ1) is 9.40. The molecule has 0 atom stereocenters. The number of allylic oxidation sites excluding steroid dienone is 1. The molecule has 1 aromatic heterocycles. The number of benzene rings is 1. The Kier molecular flexibility index (Phi) is 4.34. The van der Waals surface area contributed by atoms with Crippen molar-refractivity contribution in [1.29, 1.82) is 0 Å². The van der Waals surface area contributed by atoms with Gasteiger partial charge in [-0.15, -0.1) is 0 Å². The van der Waals surface area contributed by atoms with Gasteiger partial charge in [-0.25, -0.2) is 0 Å². The van der Waals surface area contributed by atoms with Gasteiger partial charge in [0.15, 0.2) is 0 Å². The molecule has 2 rings (SSSR count). The molecule has 2 aromatic rings. The van der Waals surface area contributed by atoms with Crippen LogP contribution in [0.3, 0.4) is 0 Å². The third kappa shape index (κ3) is 2.96. The van der Waals surface area contributed by atoms with Gasteiger partial charge in [0.05, 0.1) is 0 Å². The molecule has 0 aliphatic carbocycles. The average molecular weight is 270 g/mol. The molecule has 0 unspecified atom stereocenters. The molecule has 0 saturated carbocycles. The van der Waals surface area contributed by atoms with Crippen LogP contribution < -0.4 is 5.32 Å². The van der Waals surface area contributed by atoms with Crippen molar-refractivity contribution in [2.45, 2.75) is 53.8 Å². The third-order valence-corrected chi connectivity index (χ3v) is 3.85. The van der Waals surface area contributed by atoms with Crippen LogP contribution in [0.1, 0.15) is 37.6 Å². The summed E-state index contributed by atoms with van der Waals surface area (Å²) in [5.41, 5.74) is 6.58. The molecule has 1 aromatic carbocycles. The van der Waals surface area contributed by atoms with Crippen molar-refractivity contribution in [3.8, 4) is 0 Å². The molecule has 0 spiro atoms. The van der Waals surface area contributed by atoms with E-state index in [4.69, 9.17) is 0 Å². The van der Waals surface area contributed by atoms with Gasteiger partial charge < -0.3 is 9.88 Å². The summed E-state index contributed by atoms with van der Waals surface area (Å²) in [6.07, 6.45) is 0. The minimum Gasteiger partial charge on any atom is -0.341 e. The molecule has 20 heavy (non-hydrogen) atoms. The summed E-state index contributed by atoms with van der Waals surface area (Å²) in [6, 6.07) is 7.31. The lowest BCUT2D eigenvalue weighted by atomic mass is 10.1. The lowest BCUT2D eigenvalue weighted by molar-refractivity contribution is 0.589. The number of aryl methyl sites for hydroxylation is 1. The van der Waals surface area contributed by atoms with Gasteiger partial charge in [-0.05, 0) is 44.0 Å². The summed E-state index contributed by atoms with van der Waals surface area (Å²) in [5.74, 6) is 0. The van der Waals surface area contributed by atoms with Crippen molar-refractivity contribution >= 4 is 10.9 Å². The number of nitrogens with one attached hydrogen (secondary N) is 1. The van der Waals surface area contributed by atoms with E-state index in [9.17, 15) is 0 Å². The summed E-state index contributed by atoms with van der Waals surface area (Å²) >= 11 is 0. The van der Waals surface area contributed by atoms with Crippen LogP contribution in [0.15, 0.2) is 30.4 Å². The number of fused-ring (bicyclic) bond motifs is 1. The fourth-order valence-corrected chi connectivity index (χ4v) is 2.60. The fraction of sp³-hybridized carbons (Fsp3) is 0.444. The maximum absolute atomic E-state index is 4.04. The monoisotopic (exact) mass is 270 g/mol. The van der Waals surface area contributed by atoms with Crippen molar-refractivity contribution in [2.24, 2.45) is 0 Å². The molecule has 0 fully saturated rings. The first kappa shape index (κ1) is 14.9. The van der Waals surface area contributed by atoms with E-state index in [1.165, 1.54) is 33.3 Å². The van der Waals surface area contributed by atoms with E-state index in [0.29, 0.717) is 6.04 Å². The Labute approximate surface area is 122 Å². The average Bonchev–Trinajstić information content (AvgIpc) is 2.61. The number of hydrogen-bond donors (Lipinski definition) is 1. The number of rotatable bonds is 5. The number of aromatic nitrogens is 1. The molecular weight excluding hydrogens is 244 g/mol. The van der Waals surface area contributed by atoms with Crippen LogP contribution in [0, 0.1) is 13.8 Å². The van der Waals surface area contributed by atoms with Gasteiger partial charge in [0.2, 0.25) is 0 Å². The molecule has 1 N–H and O–H groups in total. The van der Waals surface area contributed by atoms with E-state index in [1.807, 2.05) is 0 Å². The molecule has 1 heterocycles. The first-order valence-corrected chi connectivity index (χ1v) is 7.36. The Hall–Kier alpha value is -1.54. The summed E-state index contributed by atoms with van der Waals surface area (Å²) < 4.78 is 2.37. The number of hydrogen-bond acceptors (Lipinski definition) is 1. The van der Waals surface area contributed by atoms with Crippen LogP contribution in [0.2, 0.25) is 0 Å². The van der Waals surface area contributed by atoms with Crippen LogP contribution in [0.5, 0.6) is 0 Å². The summed E-state index contributed by atoms with van der Waals surface area (Å²) in [5, 5.41) is 4.85. The highest BCUT2D eigenvalue weighted by atomic mass is 15.0. The highest BCUT2D eigenvalue weighted by molar-refractivity contribution is 5.86. The Morgan fingerprint density at radius 1 is 1.30 bits per heavy atom. The Bertz CT molecular complexity index is 632. The molecule has 0 amide bonds. The van der Waals surface area contributed by atoms with E-state index in [2.05, 4.69) is 69.3 Å². The van der Waals surface area contributed by atoms with Gasteiger partial charge in [-0.1, -0.05) is 32.1 Å². The molecular formula is C18H26N2. The van der Waals surface area contributed by atoms with Crippen molar-refractivity contribution in [1.82, 2.24) is 9.88 Å². The highest BCUT2D eigenvalue weighted by Gasteiger charge is 2.11. The van der Waals surface area contributed by atoms with E-state index in [0.717, 1.165) is 13.1 Å². The van der Waals surface area contributed by atoms with Crippen LogP contribution in [0.4, 0.5) is 0 Å².